The smallest absolute Gasteiger partial charge is 0.182 e. The van der Waals surface area contributed by atoms with Crippen molar-refractivity contribution in [1.82, 2.24) is 19.9 Å². The van der Waals surface area contributed by atoms with Gasteiger partial charge < -0.3 is 15.6 Å². The van der Waals surface area contributed by atoms with Gasteiger partial charge in [0.2, 0.25) is 0 Å². The summed E-state index contributed by atoms with van der Waals surface area (Å²) in [5.41, 5.74) is 7.59. The van der Waals surface area contributed by atoms with Gasteiger partial charge in [0, 0.05) is 19.1 Å². The van der Waals surface area contributed by atoms with Crippen LogP contribution >= 0.6 is 0 Å². The van der Waals surface area contributed by atoms with Crippen molar-refractivity contribution in [3.8, 4) is 0 Å². The number of nitrogens with two attached hydrogens (primary N) is 1. The maximum Gasteiger partial charge on any atom is 0.182 e. The number of aromatic nitrogens is 4. The molecule has 2 aromatic heterocycles. The lowest BCUT2D eigenvalue weighted by Gasteiger charge is -2.18. The van der Waals surface area contributed by atoms with Gasteiger partial charge in [0.1, 0.15) is 11.8 Å². The number of hydrogen-bond acceptors (Lipinski definition) is 5. The fraction of sp³-hybridized carbons (Fsp3) is 0.545. The molecular formula is C11H16N6. The Bertz CT molecular complexity index is 519. The number of nitrogens with zero attached hydrogens (tertiary/aromatic N) is 4. The molecule has 2 atom stereocenters. The minimum absolute atomic E-state index is 0.235. The second-order valence-electron chi connectivity index (χ2n) is 4.65. The monoisotopic (exact) mass is 232 g/mol. The highest BCUT2D eigenvalue weighted by Gasteiger charge is 2.27. The maximum atomic E-state index is 5.95. The highest BCUT2D eigenvalue weighted by molar-refractivity contribution is 5.82. The van der Waals surface area contributed by atoms with Crippen molar-refractivity contribution in [3.63, 3.8) is 0 Å². The van der Waals surface area contributed by atoms with Gasteiger partial charge >= 0.3 is 0 Å². The molecule has 0 bridgehead atoms. The lowest BCUT2D eigenvalue weighted by molar-refractivity contribution is 0.488. The fourth-order valence-corrected chi connectivity index (χ4v) is 2.40. The van der Waals surface area contributed by atoms with Crippen molar-refractivity contribution >= 4 is 17.0 Å². The van der Waals surface area contributed by atoms with Gasteiger partial charge in [-0.15, -0.1) is 0 Å². The van der Waals surface area contributed by atoms with E-state index in [-0.39, 0.29) is 6.04 Å². The molecule has 0 amide bonds. The predicted molar refractivity (Wildman–Crippen MR) is 65.7 cm³/mol. The van der Waals surface area contributed by atoms with Crippen LogP contribution in [0.25, 0.3) is 11.2 Å². The lowest BCUT2D eigenvalue weighted by atomic mass is 10.0. The maximum absolute atomic E-state index is 5.95. The van der Waals surface area contributed by atoms with Crippen molar-refractivity contribution in [2.24, 2.45) is 11.7 Å². The van der Waals surface area contributed by atoms with Crippen molar-refractivity contribution in [2.45, 2.75) is 19.4 Å². The van der Waals surface area contributed by atoms with Gasteiger partial charge in [0.05, 0.1) is 6.33 Å². The number of fused-ring (bicyclic) bond motifs is 1. The van der Waals surface area contributed by atoms with Crippen LogP contribution in [-0.4, -0.2) is 39.1 Å². The molecule has 3 heterocycles. The molecule has 3 N–H and O–H groups in total. The Hall–Kier alpha value is -1.69. The Morgan fingerprint density at radius 1 is 1.47 bits per heavy atom. The van der Waals surface area contributed by atoms with Gasteiger partial charge in [-0.25, -0.2) is 15.0 Å². The van der Waals surface area contributed by atoms with E-state index in [0.717, 1.165) is 36.5 Å². The summed E-state index contributed by atoms with van der Waals surface area (Å²) in [5, 5.41) is 0. The Balaban J connectivity index is 1.92. The first-order valence-corrected chi connectivity index (χ1v) is 5.90. The molecule has 90 valence electrons. The molecule has 0 aromatic carbocycles. The zero-order chi connectivity index (χ0) is 11.8. The number of nitrogens with one attached hydrogen (secondary N) is 1. The van der Waals surface area contributed by atoms with Crippen LogP contribution in [-0.2, 0) is 0 Å². The zero-order valence-electron chi connectivity index (χ0n) is 9.80. The van der Waals surface area contributed by atoms with E-state index < -0.39 is 0 Å². The van der Waals surface area contributed by atoms with Gasteiger partial charge in [-0.3, -0.25) is 0 Å². The van der Waals surface area contributed by atoms with Crippen LogP contribution in [0.5, 0.6) is 0 Å². The van der Waals surface area contributed by atoms with E-state index in [4.69, 9.17) is 5.73 Å². The number of H-pyrrole nitrogens is 1. The molecular weight excluding hydrogens is 216 g/mol. The van der Waals surface area contributed by atoms with Gasteiger partial charge in [0.25, 0.3) is 0 Å². The average Bonchev–Trinajstić information content (AvgIpc) is 2.97. The fourth-order valence-electron chi connectivity index (χ4n) is 2.40. The molecule has 1 saturated heterocycles. The summed E-state index contributed by atoms with van der Waals surface area (Å²) in [5.74, 6) is 1.48. The second kappa shape index (κ2) is 3.96. The summed E-state index contributed by atoms with van der Waals surface area (Å²) < 4.78 is 0. The Morgan fingerprint density at radius 3 is 3.12 bits per heavy atom. The lowest BCUT2D eigenvalue weighted by Crippen LogP contribution is -2.30. The average molecular weight is 232 g/mol. The molecule has 3 rings (SSSR count). The molecule has 0 aliphatic carbocycles. The molecule has 0 spiro atoms. The zero-order valence-corrected chi connectivity index (χ0v) is 9.80. The quantitative estimate of drug-likeness (QED) is 0.789. The van der Waals surface area contributed by atoms with Crippen LogP contribution < -0.4 is 10.6 Å². The van der Waals surface area contributed by atoms with Crippen LogP contribution in [0.4, 0.5) is 5.82 Å². The highest BCUT2D eigenvalue weighted by Crippen LogP contribution is 2.27. The molecule has 2 aromatic rings. The summed E-state index contributed by atoms with van der Waals surface area (Å²) >= 11 is 0. The summed E-state index contributed by atoms with van der Waals surface area (Å²) in [6.07, 6.45) is 4.34. The van der Waals surface area contributed by atoms with Gasteiger partial charge in [-0.05, 0) is 19.3 Å². The van der Waals surface area contributed by atoms with E-state index in [9.17, 15) is 0 Å². The van der Waals surface area contributed by atoms with Crippen LogP contribution in [0.3, 0.4) is 0 Å². The SMILES string of the molecule is CC(N)C1CCN(c2ncnc3nc[nH]c23)C1. The van der Waals surface area contributed by atoms with E-state index in [2.05, 4.69) is 31.8 Å². The van der Waals surface area contributed by atoms with E-state index in [1.165, 1.54) is 0 Å². The number of hydrogen-bond donors (Lipinski definition) is 2. The van der Waals surface area contributed by atoms with Crippen LogP contribution in [0.2, 0.25) is 0 Å². The Morgan fingerprint density at radius 2 is 2.35 bits per heavy atom. The van der Waals surface area contributed by atoms with Crippen molar-refractivity contribution in [2.75, 3.05) is 18.0 Å². The highest BCUT2D eigenvalue weighted by atomic mass is 15.2. The molecule has 6 nitrogen and oxygen atoms in total. The third-order valence-electron chi connectivity index (χ3n) is 3.47. The van der Waals surface area contributed by atoms with Crippen LogP contribution in [0.15, 0.2) is 12.7 Å². The Kier molecular flexibility index (Phi) is 2.44. The molecule has 6 heteroatoms. The molecule has 0 radical (unpaired) electrons. The molecule has 17 heavy (non-hydrogen) atoms. The Labute approximate surface area is 99.3 Å². The van der Waals surface area contributed by atoms with E-state index >= 15 is 0 Å². The van der Waals surface area contributed by atoms with E-state index in [0.29, 0.717) is 5.92 Å². The summed E-state index contributed by atoms with van der Waals surface area (Å²) in [7, 11) is 0. The topological polar surface area (TPSA) is 83.7 Å². The third-order valence-corrected chi connectivity index (χ3v) is 3.47. The minimum atomic E-state index is 0.235. The standard InChI is InChI=1S/C11H16N6/c1-7(12)8-2-3-17(4-8)11-9-10(14-5-13-9)15-6-16-11/h5-8H,2-4,12H2,1H3,(H,13,14,15,16). The third kappa shape index (κ3) is 1.74. The van der Waals surface area contributed by atoms with Gasteiger partial charge in [-0.1, -0.05) is 0 Å². The molecule has 1 fully saturated rings. The first-order valence-electron chi connectivity index (χ1n) is 5.90. The molecule has 1 aliphatic rings. The summed E-state index contributed by atoms with van der Waals surface area (Å²) in [6, 6.07) is 0.235. The molecule has 2 unspecified atom stereocenters. The van der Waals surface area contributed by atoms with Crippen LogP contribution in [0, 0.1) is 5.92 Å². The number of aromatic amines is 1. The molecule has 0 saturated carbocycles. The normalized spacial score (nSPS) is 22.2. The summed E-state index contributed by atoms with van der Waals surface area (Å²) in [4.78, 5) is 18.0. The van der Waals surface area contributed by atoms with Crippen LogP contribution in [0.1, 0.15) is 13.3 Å². The number of rotatable bonds is 2. The van der Waals surface area contributed by atoms with E-state index in [1.807, 2.05) is 0 Å². The van der Waals surface area contributed by atoms with E-state index in [1.54, 1.807) is 12.7 Å². The van der Waals surface area contributed by atoms with Crippen molar-refractivity contribution in [3.05, 3.63) is 12.7 Å². The first kappa shape index (κ1) is 10.5. The van der Waals surface area contributed by atoms with Gasteiger partial charge in [-0.2, -0.15) is 0 Å². The minimum Gasteiger partial charge on any atom is -0.354 e. The summed E-state index contributed by atoms with van der Waals surface area (Å²) in [6.45, 7) is 4.03. The predicted octanol–water partition coefficient (Wildman–Crippen LogP) is 0.526. The molecule has 1 aliphatic heterocycles. The second-order valence-corrected chi connectivity index (χ2v) is 4.65. The first-order chi connectivity index (χ1) is 8.25. The number of anilines is 1. The largest absolute Gasteiger partial charge is 0.354 e. The number of imidazole rings is 1. The van der Waals surface area contributed by atoms with Gasteiger partial charge in [0.15, 0.2) is 11.5 Å². The van der Waals surface area contributed by atoms with Crippen molar-refractivity contribution < 1.29 is 0 Å². The van der Waals surface area contributed by atoms with Crippen molar-refractivity contribution in [1.29, 1.82) is 0 Å².